The van der Waals surface area contributed by atoms with Crippen molar-refractivity contribution in [1.29, 1.82) is 0 Å². The van der Waals surface area contributed by atoms with E-state index >= 15 is 0 Å². The van der Waals surface area contributed by atoms with Crippen LogP contribution in [0.2, 0.25) is 5.22 Å². The summed E-state index contributed by atoms with van der Waals surface area (Å²) < 4.78 is 4.91. The van der Waals surface area contributed by atoms with Gasteiger partial charge in [-0.25, -0.2) is 0 Å². The second kappa shape index (κ2) is 4.54. The fourth-order valence-electron chi connectivity index (χ4n) is 1.54. The molecule has 0 saturated carbocycles. The minimum Gasteiger partial charge on any atom is -0.452 e. The largest absolute Gasteiger partial charge is 0.452 e. The Hall–Kier alpha value is -1.54. The molecule has 1 aromatic carbocycles. The maximum absolute atomic E-state index is 12.1. The van der Waals surface area contributed by atoms with Crippen LogP contribution in [0, 0.1) is 0 Å². The second-order valence-corrected chi connectivity index (χ2v) is 3.83. The molecule has 2 nitrogen and oxygen atoms in total. The fourth-order valence-corrected chi connectivity index (χ4v) is 1.74. The van der Waals surface area contributed by atoms with Crippen LogP contribution in [0.5, 0.6) is 0 Å². The van der Waals surface area contributed by atoms with Crippen LogP contribution in [0.3, 0.4) is 0 Å². The van der Waals surface area contributed by atoms with Gasteiger partial charge in [0, 0.05) is 5.56 Å². The highest BCUT2D eigenvalue weighted by Crippen LogP contribution is 2.20. The highest BCUT2D eigenvalue weighted by atomic mass is 35.5. The molecule has 3 heteroatoms. The summed E-state index contributed by atoms with van der Waals surface area (Å²) in [5.41, 5.74) is 2.18. The SMILES string of the molecule is CCc1cccc(C(=O)c2ccoc2Cl)c1. The molecule has 2 rings (SSSR count). The predicted octanol–water partition coefficient (Wildman–Crippen LogP) is 3.73. The third-order valence-electron chi connectivity index (χ3n) is 2.46. The molecule has 0 atom stereocenters. The van der Waals surface area contributed by atoms with Crippen molar-refractivity contribution in [3.63, 3.8) is 0 Å². The van der Waals surface area contributed by atoms with E-state index in [0.717, 1.165) is 12.0 Å². The Bertz CT molecular complexity index is 514. The smallest absolute Gasteiger partial charge is 0.204 e. The number of halogens is 1. The summed E-state index contributed by atoms with van der Waals surface area (Å²) in [6.45, 7) is 2.05. The van der Waals surface area contributed by atoms with Crippen LogP contribution < -0.4 is 0 Å². The number of furan rings is 1. The zero-order valence-corrected chi connectivity index (χ0v) is 9.62. The first-order chi connectivity index (χ1) is 7.72. The summed E-state index contributed by atoms with van der Waals surface area (Å²) in [5.74, 6) is -0.103. The van der Waals surface area contributed by atoms with Gasteiger partial charge in [-0.05, 0) is 35.7 Å². The predicted molar refractivity (Wildman–Crippen MR) is 63.0 cm³/mol. The third kappa shape index (κ3) is 2.02. The summed E-state index contributed by atoms with van der Waals surface area (Å²) in [4.78, 5) is 12.1. The van der Waals surface area contributed by atoms with E-state index in [0.29, 0.717) is 11.1 Å². The van der Waals surface area contributed by atoms with Gasteiger partial charge in [-0.3, -0.25) is 4.79 Å². The summed E-state index contributed by atoms with van der Waals surface area (Å²) in [6, 6.07) is 9.12. The molecule has 0 bridgehead atoms. The molecule has 1 aromatic heterocycles. The van der Waals surface area contributed by atoms with E-state index < -0.39 is 0 Å². The lowest BCUT2D eigenvalue weighted by molar-refractivity contribution is 0.103. The maximum Gasteiger partial charge on any atom is 0.204 e. The van der Waals surface area contributed by atoms with Crippen LogP contribution in [0.1, 0.15) is 28.4 Å². The molecule has 0 radical (unpaired) electrons. The Morgan fingerprint density at radius 1 is 1.38 bits per heavy atom. The number of carbonyl (C=O) groups is 1. The third-order valence-corrected chi connectivity index (χ3v) is 2.75. The van der Waals surface area contributed by atoms with Crippen LogP contribution in [0.25, 0.3) is 0 Å². The Morgan fingerprint density at radius 3 is 2.81 bits per heavy atom. The fraction of sp³-hybridized carbons (Fsp3) is 0.154. The lowest BCUT2D eigenvalue weighted by Gasteiger charge is -2.01. The van der Waals surface area contributed by atoms with Gasteiger partial charge < -0.3 is 4.42 Å². The van der Waals surface area contributed by atoms with Gasteiger partial charge in [0.25, 0.3) is 0 Å². The van der Waals surface area contributed by atoms with Gasteiger partial charge in [0.15, 0.2) is 5.78 Å². The minimum absolute atomic E-state index is 0.103. The number of hydrogen-bond donors (Lipinski definition) is 0. The molecule has 0 saturated heterocycles. The molecule has 0 aliphatic rings. The van der Waals surface area contributed by atoms with Crippen molar-refractivity contribution in [1.82, 2.24) is 0 Å². The zero-order valence-electron chi connectivity index (χ0n) is 8.87. The molecule has 0 fully saturated rings. The summed E-state index contributed by atoms with van der Waals surface area (Å²) >= 11 is 5.77. The summed E-state index contributed by atoms with van der Waals surface area (Å²) in [6.07, 6.45) is 2.32. The van der Waals surface area contributed by atoms with Gasteiger partial charge in [0.1, 0.15) is 0 Å². The lowest BCUT2D eigenvalue weighted by atomic mass is 10.0. The first-order valence-corrected chi connectivity index (χ1v) is 5.46. The molecule has 0 aliphatic heterocycles. The molecular weight excluding hydrogens is 224 g/mol. The quantitative estimate of drug-likeness (QED) is 0.758. The van der Waals surface area contributed by atoms with Gasteiger partial charge in [-0.1, -0.05) is 25.1 Å². The number of rotatable bonds is 3. The van der Waals surface area contributed by atoms with E-state index in [9.17, 15) is 4.79 Å². The van der Waals surface area contributed by atoms with Crippen molar-refractivity contribution in [2.24, 2.45) is 0 Å². The van der Waals surface area contributed by atoms with Crippen molar-refractivity contribution in [2.75, 3.05) is 0 Å². The van der Waals surface area contributed by atoms with Crippen LogP contribution in [0.15, 0.2) is 41.0 Å². The maximum atomic E-state index is 12.1. The van der Waals surface area contributed by atoms with Gasteiger partial charge in [0.2, 0.25) is 5.22 Å². The Kier molecular flexibility index (Phi) is 3.11. The van der Waals surface area contributed by atoms with Crippen molar-refractivity contribution in [3.8, 4) is 0 Å². The number of ketones is 1. The van der Waals surface area contributed by atoms with Gasteiger partial charge in [0.05, 0.1) is 11.8 Å². The lowest BCUT2D eigenvalue weighted by Crippen LogP contribution is -2.00. The second-order valence-electron chi connectivity index (χ2n) is 3.49. The van der Waals surface area contributed by atoms with Gasteiger partial charge >= 0.3 is 0 Å². The first-order valence-electron chi connectivity index (χ1n) is 5.09. The Balaban J connectivity index is 2.38. The first kappa shape index (κ1) is 11.0. The van der Waals surface area contributed by atoms with E-state index in [-0.39, 0.29) is 11.0 Å². The van der Waals surface area contributed by atoms with Gasteiger partial charge in [-0.2, -0.15) is 0 Å². The topological polar surface area (TPSA) is 30.2 Å². The van der Waals surface area contributed by atoms with E-state index in [1.807, 2.05) is 18.2 Å². The van der Waals surface area contributed by atoms with E-state index in [1.165, 1.54) is 6.26 Å². The highest BCUT2D eigenvalue weighted by Gasteiger charge is 2.15. The summed E-state index contributed by atoms with van der Waals surface area (Å²) in [7, 11) is 0. The molecule has 0 spiro atoms. The number of hydrogen-bond acceptors (Lipinski definition) is 2. The van der Waals surface area contributed by atoms with Crippen LogP contribution in [0.4, 0.5) is 0 Å². The van der Waals surface area contributed by atoms with Crippen molar-refractivity contribution in [2.45, 2.75) is 13.3 Å². The molecule has 0 amide bonds. The zero-order chi connectivity index (χ0) is 11.5. The molecule has 0 unspecified atom stereocenters. The minimum atomic E-state index is -0.103. The average molecular weight is 235 g/mol. The highest BCUT2D eigenvalue weighted by molar-refractivity contribution is 6.33. The van der Waals surface area contributed by atoms with Crippen LogP contribution >= 0.6 is 11.6 Å². The van der Waals surface area contributed by atoms with Crippen molar-refractivity contribution in [3.05, 3.63) is 58.5 Å². The average Bonchev–Trinajstić information content (AvgIpc) is 2.74. The molecular formula is C13H11ClO2. The Morgan fingerprint density at radius 2 is 2.19 bits per heavy atom. The Labute approximate surface area is 98.8 Å². The molecule has 82 valence electrons. The standard InChI is InChI=1S/C13H11ClO2/c1-2-9-4-3-5-10(8-9)12(15)11-6-7-16-13(11)14/h3-8H,2H2,1H3. The number of benzene rings is 1. The molecule has 2 aromatic rings. The molecule has 0 aliphatic carbocycles. The van der Waals surface area contributed by atoms with Gasteiger partial charge in [-0.15, -0.1) is 0 Å². The molecule has 16 heavy (non-hydrogen) atoms. The van der Waals surface area contributed by atoms with E-state index in [2.05, 4.69) is 6.92 Å². The van der Waals surface area contributed by atoms with Crippen LogP contribution in [-0.4, -0.2) is 5.78 Å². The molecule has 1 heterocycles. The van der Waals surface area contributed by atoms with Crippen molar-refractivity contribution < 1.29 is 9.21 Å². The van der Waals surface area contributed by atoms with E-state index in [4.69, 9.17) is 16.0 Å². The number of aryl methyl sites for hydroxylation is 1. The van der Waals surface area contributed by atoms with Crippen molar-refractivity contribution >= 4 is 17.4 Å². The van der Waals surface area contributed by atoms with Crippen LogP contribution in [-0.2, 0) is 6.42 Å². The number of carbonyl (C=O) groups excluding carboxylic acids is 1. The normalized spacial score (nSPS) is 10.4. The van der Waals surface area contributed by atoms with E-state index in [1.54, 1.807) is 12.1 Å². The molecule has 0 N–H and O–H groups in total. The monoisotopic (exact) mass is 234 g/mol. The summed E-state index contributed by atoms with van der Waals surface area (Å²) in [5, 5.41) is 0.145.